The van der Waals surface area contributed by atoms with E-state index in [0.717, 1.165) is 27.5 Å². The number of fused-ring (bicyclic) bond motifs is 1. The van der Waals surface area contributed by atoms with Gasteiger partial charge in [-0.25, -0.2) is 9.97 Å². The minimum absolute atomic E-state index is 0.0460. The monoisotopic (exact) mass is 320 g/mol. The van der Waals surface area contributed by atoms with Crippen molar-refractivity contribution in [2.24, 2.45) is 0 Å². The summed E-state index contributed by atoms with van der Waals surface area (Å²) in [7, 11) is 0. The molecule has 0 spiro atoms. The van der Waals surface area contributed by atoms with Gasteiger partial charge in [0.15, 0.2) is 9.50 Å². The smallest absolute Gasteiger partial charge is 0.316 e. The van der Waals surface area contributed by atoms with E-state index in [-0.39, 0.29) is 11.0 Å². The molecule has 0 fully saturated rings. The largest absolute Gasteiger partial charge is 0.344 e. The van der Waals surface area contributed by atoms with Crippen LogP contribution in [0.4, 0.5) is 5.00 Å². The van der Waals surface area contributed by atoms with E-state index in [0.29, 0.717) is 4.34 Å². The van der Waals surface area contributed by atoms with Crippen LogP contribution >= 0.6 is 23.1 Å². The van der Waals surface area contributed by atoms with Gasteiger partial charge in [-0.1, -0.05) is 12.1 Å². The molecule has 2 heterocycles. The maximum atomic E-state index is 10.7. The molecule has 3 aromatic rings. The normalized spacial score (nSPS) is 11.4. The van der Waals surface area contributed by atoms with Gasteiger partial charge in [-0.15, -0.1) is 0 Å². The van der Waals surface area contributed by atoms with Crippen LogP contribution in [0.2, 0.25) is 0 Å². The molecule has 0 aliphatic heterocycles. The van der Waals surface area contributed by atoms with Gasteiger partial charge >= 0.3 is 5.00 Å². The molecule has 2 aromatic heterocycles. The molecule has 0 N–H and O–H groups in total. The van der Waals surface area contributed by atoms with Crippen molar-refractivity contribution in [3.8, 4) is 0 Å². The highest BCUT2D eigenvalue weighted by Gasteiger charge is 2.18. The van der Waals surface area contributed by atoms with Gasteiger partial charge in [-0.05, 0) is 49.1 Å². The van der Waals surface area contributed by atoms with Crippen LogP contribution in [0.1, 0.15) is 19.9 Å². The zero-order valence-electron chi connectivity index (χ0n) is 11.4. The quantitative estimate of drug-likeness (QED) is 0.533. The third kappa shape index (κ3) is 2.64. The van der Waals surface area contributed by atoms with Gasteiger partial charge in [0.2, 0.25) is 0 Å². The fourth-order valence-electron chi connectivity index (χ4n) is 2.05. The number of para-hydroxylation sites is 2. The van der Waals surface area contributed by atoms with E-state index >= 15 is 0 Å². The number of rotatable bonds is 4. The van der Waals surface area contributed by atoms with Crippen molar-refractivity contribution in [1.82, 2.24) is 14.5 Å². The number of thiazole rings is 1. The number of aromatic nitrogens is 3. The number of hydrogen-bond donors (Lipinski definition) is 0. The fourth-order valence-corrected chi connectivity index (χ4v) is 3.98. The molecular weight excluding hydrogens is 308 g/mol. The summed E-state index contributed by atoms with van der Waals surface area (Å²) in [5, 5.41) is 11.6. The van der Waals surface area contributed by atoms with Gasteiger partial charge in [-0.3, -0.25) is 10.1 Å². The number of nitro groups is 1. The lowest BCUT2D eigenvalue weighted by Gasteiger charge is -2.11. The summed E-state index contributed by atoms with van der Waals surface area (Å²) in [4.78, 5) is 19.0. The number of benzene rings is 1. The molecule has 0 saturated carbocycles. The topological polar surface area (TPSA) is 73.8 Å². The Morgan fingerprint density at radius 1 is 1.38 bits per heavy atom. The summed E-state index contributed by atoms with van der Waals surface area (Å²) in [5.74, 6) is 0. The highest BCUT2D eigenvalue weighted by atomic mass is 32.2. The molecule has 108 valence electrons. The van der Waals surface area contributed by atoms with Crippen molar-refractivity contribution in [2.45, 2.75) is 29.4 Å². The van der Waals surface area contributed by atoms with Crippen LogP contribution < -0.4 is 0 Å². The first-order valence-corrected chi connectivity index (χ1v) is 7.94. The van der Waals surface area contributed by atoms with Gasteiger partial charge < -0.3 is 4.57 Å². The molecular formula is C13H12N4O2S2. The van der Waals surface area contributed by atoms with E-state index in [1.807, 2.05) is 24.3 Å². The number of nitrogens with zero attached hydrogens (tertiary/aromatic N) is 4. The fraction of sp³-hybridized carbons (Fsp3) is 0.231. The third-order valence-corrected chi connectivity index (χ3v) is 4.90. The van der Waals surface area contributed by atoms with Gasteiger partial charge in [-0.2, -0.15) is 0 Å². The minimum Gasteiger partial charge on any atom is -0.316 e. The summed E-state index contributed by atoms with van der Waals surface area (Å²) in [6.07, 6.45) is 1.29. The molecule has 21 heavy (non-hydrogen) atoms. The predicted molar refractivity (Wildman–Crippen MR) is 83.0 cm³/mol. The van der Waals surface area contributed by atoms with Crippen molar-refractivity contribution >= 4 is 39.1 Å². The van der Waals surface area contributed by atoms with Crippen LogP contribution in [0.25, 0.3) is 11.0 Å². The van der Waals surface area contributed by atoms with E-state index in [2.05, 4.69) is 28.4 Å². The first-order valence-electron chi connectivity index (χ1n) is 6.31. The maximum absolute atomic E-state index is 10.7. The molecule has 0 unspecified atom stereocenters. The van der Waals surface area contributed by atoms with E-state index in [1.165, 1.54) is 18.0 Å². The van der Waals surface area contributed by atoms with Crippen molar-refractivity contribution in [3.05, 3.63) is 40.6 Å². The molecule has 8 heteroatoms. The maximum Gasteiger partial charge on any atom is 0.344 e. The molecule has 3 rings (SSSR count). The van der Waals surface area contributed by atoms with Crippen molar-refractivity contribution < 1.29 is 4.92 Å². The van der Waals surface area contributed by atoms with Crippen molar-refractivity contribution in [1.29, 1.82) is 0 Å². The summed E-state index contributed by atoms with van der Waals surface area (Å²) < 4.78 is 2.74. The first-order chi connectivity index (χ1) is 10.1. The van der Waals surface area contributed by atoms with Gasteiger partial charge in [0.25, 0.3) is 0 Å². The Balaban J connectivity index is 2.03. The van der Waals surface area contributed by atoms with E-state index in [9.17, 15) is 10.1 Å². The zero-order chi connectivity index (χ0) is 15.0. The molecule has 0 amide bonds. The average Bonchev–Trinajstić information content (AvgIpc) is 3.02. The average molecular weight is 320 g/mol. The molecule has 0 bridgehead atoms. The summed E-state index contributed by atoms with van der Waals surface area (Å²) in [5.41, 5.74) is 1.97. The van der Waals surface area contributed by atoms with Crippen LogP contribution in [-0.4, -0.2) is 19.5 Å². The molecule has 0 aliphatic carbocycles. The highest BCUT2D eigenvalue weighted by Crippen LogP contribution is 2.36. The highest BCUT2D eigenvalue weighted by molar-refractivity contribution is 8.01. The summed E-state index contributed by atoms with van der Waals surface area (Å²) >= 11 is 2.43. The first kappa shape index (κ1) is 14.0. The zero-order valence-corrected chi connectivity index (χ0v) is 13.0. The van der Waals surface area contributed by atoms with E-state index in [4.69, 9.17) is 0 Å². The predicted octanol–water partition coefficient (Wildman–Crippen LogP) is 4.13. The SMILES string of the molecule is CC(C)n1c(Sc2ncc([N+](=O)[O-])s2)nc2ccccc21. The van der Waals surface area contributed by atoms with Gasteiger partial charge in [0.1, 0.15) is 6.20 Å². The standard InChI is InChI=1S/C13H12N4O2S2/c1-8(2)16-10-6-4-3-5-9(10)15-12(16)21-13-14-7-11(20-13)17(18)19/h3-8H,1-2H3. The van der Waals surface area contributed by atoms with Gasteiger partial charge in [0.05, 0.1) is 16.0 Å². The Bertz CT molecular complexity index is 809. The lowest BCUT2D eigenvalue weighted by molar-refractivity contribution is -0.380. The Labute approximate surface area is 129 Å². The summed E-state index contributed by atoms with van der Waals surface area (Å²) in [6, 6.07) is 8.16. The van der Waals surface area contributed by atoms with Crippen LogP contribution in [-0.2, 0) is 0 Å². The van der Waals surface area contributed by atoms with Crippen molar-refractivity contribution in [3.63, 3.8) is 0 Å². The Morgan fingerprint density at radius 3 is 2.81 bits per heavy atom. The van der Waals surface area contributed by atoms with Crippen LogP contribution in [0.3, 0.4) is 0 Å². The Hall–Kier alpha value is -1.93. The molecule has 6 nitrogen and oxygen atoms in total. The van der Waals surface area contributed by atoms with Gasteiger partial charge in [0, 0.05) is 6.04 Å². The molecule has 0 radical (unpaired) electrons. The number of hydrogen-bond acceptors (Lipinski definition) is 6. The molecule has 0 aliphatic rings. The lowest BCUT2D eigenvalue weighted by atomic mass is 10.3. The third-order valence-electron chi connectivity index (χ3n) is 2.91. The number of imidazole rings is 1. The van der Waals surface area contributed by atoms with Crippen LogP contribution in [0.5, 0.6) is 0 Å². The minimum atomic E-state index is -0.423. The molecule has 0 saturated heterocycles. The molecule has 0 atom stereocenters. The van der Waals surface area contributed by atoms with E-state index in [1.54, 1.807) is 0 Å². The Kier molecular flexibility index (Phi) is 3.64. The Morgan fingerprint density at radius 2 is 2.14 bits per heavy atom. The second kappa shape index (κ2) is 5.45. The van der Waals surface area contributed by atoms with Crippen molar-refractivity contribution in [2.75, 3.05) is 0 Å². The van der Waals surface area contributed by atoms with E-state index < -0.39 is 4.92 Å². The second-order valence-electron chi connectivity index (χ2n) is 4.67. The summed E-state index contributed by atoms with van der Waals surface area (Å²) in [6.45, 7) is 4.17. The van der Waals surface area contributed by atoms with Crippen LogP contribution in [0, 0.1) is 10.1 Å². The van der Waals surface area contributed by atoms with Crippen LogP contribution in [0.15, 0.2) is 40.0 Å². The second-order valence-corrected chi connectivity index (χ2v) is 6.89. The lowest BCUT2D eigenvalue weighted by Crippen LogP contribution is -2.01. The molecule has 1 aromatic carbocycles.